The number of piperidine rings is 1. The van der Waals surface area contributed by atoms with Crippen LogP contribution < -0.4 is 0 Å². The summed E-state index contributed by atoms with van der Waals surface area (Å²) in [5.74, 6) is -0.146. The predicted molar refractivity (Wildman–Crippen MR) is 104 cm³/mol. The Hall–Kier alpha value is -2.80. The van der Waals surface area contributed by atoms with Crippen LogP contribution in [0, 0.1) is 32.1 Å². The molecule has 26 heavy (non-hydrogen) atoms. The van der Waals surface area contributed by atoms with Crippen molar-refractivity contribution in [1.82, 2.24) is 9.47 Å². The van der Waals surface area contributed by atoms with E-state index in [1.165, 1.54) is 5.56 Å². The van der Waals surface area contributed by atoms with Gasteiger partial charge in [-0.3, -0.25) is 4.79 Å². The molecule has 0 saturated carbocycles. The summed E-state index contributed by atoms with van der Waals surface area (Å²) in [4.78, 5) is 14.5. The fourth-order valence-electron chi connectivity index (χ4n) is 3.59. The van der Waals surface area contributed by atoms with Gasteiger partial charge >= 0.3 is 0 Å². The van der Waals surface area contributed by atoms with Gasteiger partial charge in [0.15, 0.2) is 0 Å². The van der Waals surface area contributed by atoms with Crippen molar-refractivity contribution in [2.24, 2.45) is 0 Å². The second-order valence-electron chi connectivity index (χ2n) is 7.02. The molecule has 2 heterocycles. The number of aryl methyl sites for hydroxylation is 2. The van der Waals surface area contributed by atoms with Crippen molar-refractivity contribution >= 4 is 12.0 Å². The van der Waals surface area contributed by atoms with E-state index in [4.69, 9.17) is 0 Å². The summed E-state index contributed by atoms with van der Waals surface area (Å²) in [5.41, 5.74) is 5.56. The molecule has 0 unspecified atom stereocenters. The highest BCUT2D eigenvalue weighted by atomic mass is 16.2. The number of amides is 1. The standard InChI is InChI=1S/C22H25N3O/c1-16-7-9-21(10-8-16)25-17(2)13-19(18(25)3)14-20(15-23)22(26)24-11-5-4-6-12-24/h7-10,13-14H,4-6,11-12H2,1-3H3. The highest BCUT2D eigenvalue weighted by Crippen LogP contribution is 2.24. The van der Waals surface area contributed by atoms with Crippen LogP contribution in [0.15, 0.2) is 35.9 Å². The van der Waals surface area contributed by atoms with Gasteiger partial charge in [-0.25, -0.2) is 0 Å². The molecule has 0 radical (unpaired) electrons. The molecule has 1 aliphatic rings. The predicted octanol–water partition coefficient (Wildman–Crippen LogP) is 4.32. The Morgan fingerprint density at radius 1 is 1.08 bits per heavy atom. The Kier molecular flexibility index (Phi) is 5.27. The molecule has 0 aliphatic carbocycles. The Labute approximate surface area is 155 Å². The third-order valence-electron chi connectivity index (χ3n) is 5.06. The van der Waals surface area contributed by atoms with E-state index in [9.17, 15) is 10.1 Å². The topological polar surface area (TPSA) is 49.0 Å². The van der Waals surface area contributed by atoms with Crippen LogP contribution in [0.4, 0.5) is 0 Å². The van der Waals surface area contributed by atoms with Crippen molar-refractivity contribution in [3.63, 3.8) is 0 Å². The monoisotopic (exact) mass is 347 g/mol. The maximum atomic E-state index is 12.7. The minimum Gasteiger partial charge on any atom is -0.338 e. The van der Waals surface area contributed by atoms with Crippen molar-refractivity contribution in [3.8, 4) is 11.8 Å². The fourth-order valence-corrected chi connectivity index (χ4v) is 3.59. The number of rotatable bonds is 3. The molecule has 0 N–H and O–H groups in total. The van der Waals surface area contributed by atoms with Gasteiger partial charge in [0.1, 0.15) is 11.6 Å². The summed E-state index contributed by atoms with van der Waals surface area (Å²) in [5, 5.41) is 9.53. The van der Waals surface area contributed by atoms with Gasteiger partial charge in [0.25, 0.3) is 5.91 Å². The third kappa shape index (κ3) is 3.57. The second-order valence-corrected chi connectivity index (χ2v) is 7.02. The molecule has 4 heteroatoms. The first kappa shape index (κ1) is 18.0. The van der Waals surface area contributed by atoms with Crippen molar-refractivity contribution in [2.75, 3.05) is 13.1 Å². The van der Waals surface area contributed by atoms with Crippen LogP contribution in [0.25, 0.3) is 11.8 Å². The van der Waals surface area contributed by atoms with Crippen LogP contribution in [0.2, 0.25) is 0 Å². The Morgan fingerprint density at radius 2 is 1.73 bits per heavy atom. The fraction of sp³-hybridized carbons (Fsp3) is 0.364. The Morgan fingerprint density at radius 3 is 2.35 bits per heavy atom. The summed E-state index contributed by atoms with van der Waals surface area (Å²) in [6, 6.07) is 12.5. The van der Waals surface area contributed by atoms with E-state index in [0.717, 1.165) is 55.0 Å². The summed E-state index contributed by atoms with van der Waals surface area (Å²) in [6.45, 7) is 7.64. The number of carbonyl (C=O) groups excluding carboxylic acids is 1. The van der Waals surface area contributed by atoms with Gasteiger partial charge in [0, 0.05) is 30.2 Å². The summed E-state index contributed by atoms with van der Waals surface area (Å²) < 4.78 is 2.16. The van der Waals surface area contributed by atoms with Crippen molar-refractivity contribution in [2.45, 2.75) is 40.0 Å². The number of hydrogen-bond donors (Lipinski definition) is 0. The lowest BCUT2D eigenvalue weighted by Gasteiger charge is -2.26. The molecule has 4 nitrogen and oxygen atoms in total. The number of likely N-dealkylation sites (tertiary alicyclic amines) is 1. The first-order valence-corrected chi connectivity index (χ1v) is 9.18. The number of benzene rings is 1. The van der Waals surface area contributed by atoms with Crippen LogP contribution in [-0.4, -0.2) is 28.5 Å². The molecule has 0 spiro atoms. The van der Waals surface area contributed by atoms with E-state index in [1.54, 1.807) is 11.0 Å². The first-order valence-electron chi connectivity index (χ1n) is 9.18. The smallest absolute Gasteiger partial charge is 0.264 e. The quantitative estimate of drug-likeness (QED) is 0.613. The molecule has 1 aliphatic heterocycles. The van der Waals surface area contributed by atoms with E-state index in [-0.39, 0.29) is 11.5 Å². The summed E-state index contributed by atoms with van der Waals surface area (Å²) in [7, 11) is 0. The molecular formula is C22H25N3O. The first-order chi connectivity index (χ1) is 12.5. The Bertz CT molecular complexity index is 875. The lowest BCUT2D eigenvalue weighted by atomic mass is 10.1. The molecule has 0 bridgehead atoms. The van der Waals surface area contributed by atoms with Gasteiger partial charge in [0.05, 0.1) is 0 Å². The summed E-state index contributed by atoms with van der Waals surface area (Å²) in [6.07, 6.45) is 4.94. The lowest BCUT2D eigenvalue weighted by molar-refractivity contribution is -0.127. The van der Waals surface area contributed by atoms with Gasteiger partial charge in [0.2, 0.25) is 0 Å². The number of nitriles is 1. The number of carbonyl (C=O) groups is 1. The maximum Gasteiger partial charge on any atom is 0.264 e. The van der Waals surface area contributed by atoms with Gasteiger partial charge in [-0.1, -0.05) is 17.7 Å². The average molecular weight is 347 g/mol. The van der Waals surface area contributed by atoms with Crippen LogP contribution >= 0.6 is 0 Å². The number of aromatic nitrogens is 1. The largest absolute Gasteiger partial charge is 0.338 e. The Balaban J connectivity index is 1.94. The second kappa shape index (κ2) is 7.61. The molecule has 1 aromatic carbocycles. The van der Waals surface area contributed by atoms with Crippen LogP contribution in [0.3, 0.4) is 0 Å². The van der Waals surface area contributed by atoms with E-state index in [1.807, 2.05) is 19.9 Å². The highest BCUT2D eigenvalue weighted by molar-refractivity contribution is 6.01. The molecule has 134 valence electrons. The van der Waals surface area contributed by atoms with Crippen molar-refractivity contribution < 1.29 is 4.79 Å². The molecule has 2 aromatic rings. The zero-order chi connectivity index (χ0) is 18.7. The van der Waals surface area contributed by atoms with Gasteiger partial charge in [-0.15, -0.1) is 0 Å². The van der Waals surface area contributed by atoms with Crippen LogP contribution in [0.1, 0.15) is 41.8 Å². The molecule has 1 fully saturated rings. The lowest BCUT2D eigenvalue weighted by Crippen LogP contribution is -2.36. The van der Waals surface area contributed by atoms with Crippen molar-refractivity contribution in [1.29, 1.82) is 5.26 Å². The number of nitrogens with zero attached hydrogens (tertiary/aromatic N) is 3. The zero-order valence-electron chi connectivity index (χ0n) is 15.7. The molecule has 1 saturated heterocycles. The van der Waals surface area contributed by atoms with Crippen LogP contribution in [-0.2, 0) is 4.79 Å². The maximum absolute atomic E-state index is 12.7. The number of hydrogen-bond acceptors (Lipinski definition) is 2. The normalized spacial score (nSPS) is 15.0. The average Bonchev–Trinajstić information content (AvgIpc) is 2.94. The minimum atomic E-state index is -0.146. The highest BCUT2D eigenvalue weighted by Gasteiger charge is 2.21. The van der Waals surface area contributed by atoms with Gasteiger partial charge in [-0.2, -0.15) is 5.26 Å². The van der Waals surface area contributed by atoms with E-state index < -0.39 is 0 Å². The van der Waals surface area contributed by atoms with Gasteiger partial charge in [-0.05, 0) is 69.9 Å². The molecule has 3 rings (SSSR count). The van der Waals surface area contributed by atoms with Gasteiger partial charge < -0.3 is 9.47 Å². The van der Waals surface area contributed by atoms with E-state index >= 15 is 0 Å². The minimum absolute atomic E-state index is 0.146. The molecule has 0 atom stereocenters. The molecule has 1 aromatic heterocycles. The summed E-state index contributed by atoms with van der Waals surface area (Å²) >= 11 is 0. The molecular weight excluding hydrogens is 322 g/mol. The third-order valence-corrected chi connectivity index (χ3v) is 5.06. The zero-order valence-corrected chi connectivity index (χ0v) is 15.7. The SMILES string of the molecule is Cc1ccc(-n2c(C)cc(C=C(C#N)C(=O)N3CCCCC3)c2C)cc1. The molecule has 1 amide bonds. The van der Waals surface area contributed by atoms with E-state index in [2.05, 4.69) is 41.8 Å². The van der Waals surface area contributed by atoms with E-state index in [0.29, 0.717) is 0 Å². The van der Waals surface area contributed by atoms with Crippen LogP contribution in [0.5, 0.6) is 0 Å². The van der Waals surface area contributed by atoms with Crippen molar-refractivity contribution in [3.05, 3.63) is 58.4 Å².